The van der Waals surface area contributed by atoms with E-state index in [4.69, 9.17) is 9.26 Å². The molecule has 4 rings (SSSR count). The number of rotatable bonds is 4. The fraction of sp³-hybridized carbons (Fsp3) is 0.556. The summed E-state index contributed by atoms with van der Waals surface area (Å²) < 4.78 is 24.0. The molecule has 7 heteroatoms. The fourth-order valence-corrected chi connectivity index (χ4v) is 3.71. The van der Waals surface area contributed by atoms with Gasteiger partial charge in [-0.15, -0.1) is 0 Å². The van der Waals surface area contributed by atoms with Crippen LogP contribution < -0.4 is 0 Å². The molecule has 2 aliphatic heterocycles. The minimum Gasteiger partial charge on any atom is -0.392 e. The van der Waals surface area contributed by atoms with E-state index >= 15 is 0 Å². The molecule has 0 aliphatic carbocycles. The second kappa shape index (κ2) is 7.19. The van der Waals surface area contributed by atoms with E-state index in [2.05, 4.69) is 15.0 Å². The van der Waals surface area contributed by atoms with Crippen LogP contribution in [0.2, 0.25) is 0 Å². The maximum atomic E-state index is 13.2. The minimum absolute atomic E-state index is 0.0284. The lowest BCUT2D eigenvalue weighted by Crippen LogP contribution is -2.25. The number of halogens is 1. The van der Waals surface area contributed by atoms with Gasteiger partial charge in [-0.25, -0.2) is 4.39 Å². The highest BCUT2D eigenvalue weighted by atomic mass is 19.1. The summed E-state index contributed by atoms with van der Waals surface area (Å²) in [6.07, 6.45) is 2.03. The highest BCUT2D eigenvalue weighted by Gasteiger charge is 2.33. The van der Waals surface area contributed by atoms with Crippen molar-refractivity contribution >= 4 is 0 Å². The second-order valence-corrected chi connectivity index (χ2v) is 6.82. The van der Waals surface area contributed by atoms with Crippen LogP contribution in [-0.4, -0.2) is 46.0 Å². The number of aromatic nitrogens is 2. The molecule has 0 amide bonds. The third-order valence-corrected chi connectivity index (χ3v) is 5.03. The summed E-state index contributed by atoms with van der Waals surface area (Å²) in [6.45, 7) is 2.51. The van der Waals surface area contributed by atoms with Crippen LogP contribution in [0.1, 0.15) is 48.5 Å². The topological polar surface area (TPSA) is 71.6 Å². The Morgan fingerprint density at radius 2 is 1.96 bits per heavy atom. The quantitative estimate of drug-likeness (QED) is 0.916. The SMILES string of the molecule is O[C@H]1C[C@@H](c2ccc(F)cc2)N(Cc2noc(C3CCOCC3)n2)C1. The van der Waals surface area contributed by atoms with Crippen LogP contribution in [-0.2, 0) is 11.3 Å². The molecule has 0 spiro atoms. The van der Waals surface area contributed by atoms with Crippen LogP contribution >= 0.6 is 0 Å². The number of ether oxygens (including phenoxy) is 1. The first-order chi connectivity index (χ1) is 12.2. The number of nitrogens with zero attached hydrogens (tertiary/aromatic N) is 3. The number of hydrogen-bond acceptors (Lipinski definition) is 6. The molecular formula is C18H22FN3O3. The molecule has 2 saturated heterocycles. The van der Waals surface area contributed by atoms with E-state index in [1.165, 1.54) is 12.1 Å². The third-order valence-electron chi connectivity index (χ3n) is 5.03. The maximum Gasteiger partial charge on any atom is 0.229 e. The van der Waals surface area contributed by atoms with E-state index in [1.807, 2.05) is 0 Å². The standard InChI is InChI=1S/C18H22FN3O3/c19-14-3-1-12(2-4-14)16-9-15(23)10-22(16)11-17-20-18(25-21-17)13-5-7-24-8-6-13/h1-4,13,15-16,23H,5-11H2/t15-,16-/m0/s1. The van der Waals surface area contributed by atoms with Crippen molar-refractivity contribution < 1.29 is 18.8 Å². The Kier molecular flexibility index (Phi) is 4.78. The Morgan fingerprint density at radius 1 is 1.20 bits per heavy atom. The van der Waals surface area contributed by atoms with Gasteiger partial charge in [-0.1, -0.05) is 17.3 Å². The van der Waals surface area contributed by atoms with Gasteiger partial charge in [0, 0.05) is 31.7 Å². The van der Waals surface area contributed by atoms with Gasteiger partial charge in [-0.2, -0.15) is 4.98 Å². The summed E-state index contributed by atoms with van der Waals surface area (Å²) >= 11 is 0. The summed E-state index contributed by atoms with van der Waals surface area (Å²) in [5, 5.41) is 14.2. The zero-order valence-corrected chi connectivity index (χ0v) is 14.0. The van der Waals surface area contributed by atoms with Crippen LogP contribution in [0, 0.1) is 5.82 Å². The molecule has 1 N–H and O–H groups in total. The van der Waals surface area contributed by atoms with Crippen molar-refractivity contribution in [3.8, 4) is 0 Å². The molecule has 1 aromatic heterocycles. The molecule has 25 heavy (non-hydrogen) atoms. The van der Waals surface area contributed by atoms with Crippen LogP contribution in [0.15, 0.2) is 28.8 Å². The summed E-state index contributed by atoms with van der Waals surface area (Å²) in [5.74, 6) is 1.32. The van der Waals surface area contributed by atoms with Crippen LogP contribution in [0.5, 0.6) is 0 Å². The zero-order valence-electron chi connectivity index (χ0n) is 14.0. The highest BCUT2D eigenvalue weighted by Crippen LogP contribution is 2.33. The largest absolute Gasteiger partial charge is 0.392 e. The van der Waals surface area contributed by atoms with Crippen LogP contribution in [0.3, 0.4) is 0 Å². The summed E-state index contributed by atoms with van der Waals surface area (Å²) in [6, 6.07) is 6.48. The number of aliphatic hydroxyl groups excluding tert-OH is 1. The molecule has 3 heterocycles. The van der Waals surface area contributed by atoms with Gasteiger partial charge >= 0.3 is 0 Å². The molecule has 0 radical (unpaired) electrons. The first kappa shape index (κ1) is 16.6. The smallest absolute Gasteiger partial charge is 0.229 e. The van der Waals surface area contributed by atoms with Crippen molar-refractivity contribution in [2.24, 2.45) is 0 Å². The average Bonchev–Trinajstić information content (AvgIpc) is 3.23. The van der Waals surface area contributed by atoms with Gasteiger partial charge in [0.15, 0.2) is 5.82 Å². The Morgan fingerprint density at radius 3 is 2.72 bits per heavy atom. The molecule has 2 aromatic rings. The first-order valence-corrected chi connectivity index (χ1v) is 8.77. The number of likely N-dealkylation sites (tertiary alicyclic amines) is 1. The Hall–Kier alpha value is -1.83. The predicted octanol–water partition coefficient (Wildman–Crippen LogP) is 2.41. The van der Waals surface area contributed by atoms with E-state index in [9.17, 15) is 9.50 Å². The fourth-order valence-electron chi connectivity index (χ4n) is 3.71. The van der Waals surface area contributed by atoms with Gasteiger partial charge in [0.2, 0.25) is 5.89 Å². The monoisotopic (exact) mass is 347 g/mol. The van der Waals surface area contributed by atoms with Gasteiger partial charge < -0.3 is 14.4 Å². The van der Waals surface area contributed by atoms with Crippen molar-refractivity contribution in [3.63, 3.8) is 0 Å². The van der Waals surface area contributed by atoms with Gasteiger partial charge in [0.1, 0.15) is 5.82 Å². The number of β-amino-alcohol motifs (C(OH)–C–C–N with tert-alkyl or cyclic N) is 1. The van der Waals surface area contributed by atoms with Gasteiger partial charge in [0.25, 0.3) is 0 Å². The van der Waals surface area contributed by atoms with E-state index in [0.29, 0.717) is 31.2 Å². The second-order valence-electron chi connectivity index (χ2n) is 6.82. The molecule has 1 aromatic carbocycles. The average molecular weight is 347 g/mol. The highest BCUT2D eigenvalue weighted by molar-refractivity contribution is 5.21. The number of hydrogen-bond donors (Lipinski definition) is 1. The lowest BCUT2D eigenvalue weighted by molar-refractivity contribution is 0.0778. The predicted molar refractivity (Wildman–Crippen MR) is 87.3 cm³/mol. The summed E-state index contributed by atoms with van der Waals surface area (Å²) in [4.78, 5) is 6.67. The van der Waals surface area contributed by atoms with Gasteiger partial charge in [-0.05, 0) is 37.0 Å². The van der Waals surface area contributed by atoms with E-state index in [0.717, 1.165) is 31.6 Å². The van der Waals surface area contributed by atoms with Gasteiger partial charge in [0.05, 0.1) is 12.6 Å². The zero-order chi connectivity index (χ0) is 17.2. The molecule has 0 unspecified atom stereocenters. The Labute approximate surface area is 145 Å². The Bertz CT molecular complexity index is 700. The molecule has 0 bridgehead atoms. The van der Waals surface area contributed by atoms with Crippen LogP contribution in [0.4, 0.5) is 4.39 Å². The molecule has 2 atom stereocenters. The maximum absolute atomic E-state index is 13.2. The summed E-state index contributed by atoms with van der Waals surface area (Å²) in [7, 11) is 0. The Balaban J connectivity index is 1.47. The van der Waals surface area contributed by atoms with Crippen molar-refractivity contribution in [3.05, 3.63) is 47.4 Å². The molecule has 134 valence electrons. The normalized spacial score (nSPS) is 25.5. The first-order valence-electron chi connectivity index (χ1n) is 8.77. The van der Waals surface area contributed by atoms with E-state index in [-0.39, 0.29) is 17.8 Å². The lowest BCUT2D eigenvalue weighted by atomic mass is 10.0. The molecule has 6 nitrogen and oxygen atoms in total. The molecule has 0 saturated carbocycles. The third kappa shape index (κ3) is 3.73. The molecule has 2 fully saturated rings. The minimum atomic E-state index is -0.406. The van der Waals surface area contributed by atoms with Crippen molar-refractivity contribution in [2.45, 2.75) is 43.9 Å². The number of aliphatic hydroxyl groups is 1. The number of benzene rings is 1. The summed E-state index contributed by atoms with van der Waals surface area (Å²) in [5.41, 5.74) is 0.992. The van der Waals surface area contributed by atoms with Crippen molar-refractivity contribution in [1.82, 2.24) is 15.0 Å². The molecular weight excluding hydrogens is 325 g/mol. The van der Waals surface area contributed by atoms with Crippen molar-refractivity contribution in [1.29, 1.82) is 0 Å². The van der Waals surface area contributed by atoms with Crippen molar-refractivity contribution in [2.75, 3.05) is 19.8 Å². The van der Waals surface area contributed by atoms with E-state index < -0.39 is 6.10 Å². The van der Waals surface area contributed by atoms with E-state index in [1.54, 1.807) is 12.1 Å². The lowest BCUT2D eigenvalue weighted by Gasteiger charge is -2.23. The molecule has 2 aliphatic rings. The van der Waals surface area contributed by atoms with Crippen LogP contribution in [0.25, 0.3) is 0 Å². The van der Waals surface area contributed by atoms with Gasteiger partial charge in [-0.3, -0.25) is 4.90 Å².